The Morgan fingerprint density at radius 2 is 1.46 bits per heavy atom. The van der Waals surface area contributed by atoms with E-state index < -0.39 is 5.97 Å². The van der Waals surface area contributed by atoms with Gasteiger partial charge in [-0.3, -0.25) is 0 Å². The lowest BCUT2D eigenvalue weighted by atomic mass is 9.84. The van der Waals surface area contributed by atoms with E-state index in [2.05, 4.69) is 20.8 Å². The monoisotopic (exact) mass is 371 g/mol. The Morgan fingerprint density at radius 3 is 2.07 bits per heavy atom. The molecule has 3 rings (SSSR count). The van der Waals surface area contributed by atoms with E-state index in [1.165, 1.54) is 0 Å². The van der Waals surface area contributed by atoms with E-state index in [1.54, 1.807) is 18.2 Å². The predicted octanol–water partition coefficient (Wildman–Crippen LogP) is 5.81. The summed E-state index contributed by atoms with van der Waals surface area (Å²) in [5, 5.41) is 8.67. The van der Waals surface area contributed by atoms with E-state index in [4.69, 9.17) is 10.1 Å². The van der Waals surface area contributed by atoms with Gasteiger partial charge in [0, 0.05) is 17.7 Å². The van der Waals surface area contributed by atoms with Crippen LogP contribution in [0.15, 0.2) is 78.9 Å². The summed E-state index contributed by atoms with van der Waals surface area (Å²) in [5.74, 6) is 0.0485. The molecule has 0 aliphatic carbocycles. The molecule has 0 saturated heterocycles. The summed E-state index contributed by atoms with van der Waals surface area (Å²) < 4.78 is 5.53. The summed E-state index contributed by atoms with van der Waals surface area (Å²) in [5.41, 5.74) is 3.48. The summed E-state index contributed by atoms with van der Waals surface area (Å²) in [6.07, 6.45) is 0.458. The van der Waals surface area contributed by atoms with E-state index in [-0.39, 0.29) is 5.41 Å². The van der Waals surface area contributed by atoms with Crippen molar-refractivity contribution >= 4 is 11.7 Å². The van der Waals surface area contributed by atoms with Crippen molar-refractivity contribution in [1.82, 2.24) is 0 Å². The molecule has 0 spiro atoms. The van der Waals surface area contributed by atoms with Crippen molar-refractivity contribution in [3.05, 3.63) is 101 Å². The smallest absolute Gasteiger partial charge is 0.344 e. The normalized spacial score (nSPS) is 11.1. The molecule has 0 unspecified atom stereocenters. The fraction of sp³-hybridized carbons (Fsp3) is 0.200. The zero-order valence-corrected chi connectivity index (χ0v) is 16.5. The number of ether oxygens (including phenoxy) is 1. The van der Waals surface area contributed by atoms with Crippen LogP contribution in [0.25, 0.3) is 0 Å². The largest absolute Gasteiger partial charge is 0.423 e. The quantitative estimate of drug-likeness (QED) is 0.349. The maximum Gasteiger partial charge on any atom is 0.344 e. The molecule has 0 radical (unpaired) electrons. The first-order valence-corrected chi connectivity index (χ1v) is 9.38. The summed E-state index contributed by atoms with van der Waals surface area (Å²) in [6.45, 7) is 6.36. The molecule has 0 amide bonds. The van der Waals surface area contributed by atoms with Crippen molar-refractivity contribution in [3.8, 4) is 5.75 Å². The number of benzene rings is 3. The topological polar surface area (TPSA) is 50.2 Å². The van der Waals surface area contributed by atoms with Crippen molar-refractivity contribution in [2.75, 3.05) is 0 Å². The third kappa shape index (κ3) is 4.74. The van der Waals surface area contributed by atoms with Crippen molar-refractivity contribution < 1.29 is 9.53 Å². The highest BCUT2D eigenvalue weighted by Gasteiger charge is 2.21. The number of rotatable bonds is 5. The third-order valence-corrected chi connectivity index (χ3v) is 4.61. The first-order valence-electron chi connectivity index (χ1n) is 9.38. The van der Waals surface area contributed by atoms with Crippen LogP contribution in [0.5, 0.6) is 5.75 Å². The van der Waals surface area contributed by atoms with Gasteiger partial charge in [-0.2, -0.15) is 0 Å². The predicted molar refractivity (Wildman–Crippen MR) is 114 cm³/mol. The minimum Gasteiger partial charge on any atom is -0.423 e. The Hall–Kier alpha value is -3.20. The molecule has 0 atom stereocenters. The van der Waals surface area contributed by atoms with Crippen LogP contribution in [0, 0.1) is 5.41 Å². The van der Waals surface area contributed by atoms with Gasteiger partial charge in [0.2, 0.25) is 0 Å². The SMILES string of the molecule is CC(C)(C)c1ccc(C(=O)Oc2ccccc2)c(C(=N)Cc2ccccc2)c1. The van der Waals surface area contributed by atoms with Gasteiger partial charge in [-0.1, -0.05) is 75.4 Å². The number of nitrogens with one attached hydrogen (secondary N) is 1. The van der Waals surface area contributed by atoms with Gasteiger partial charge in [-0.25, -0.2) is 4.79 Å². The number of carbonyl (C=O) groups excluding carboxylic acids is 1. The maximum absolute atomic E-state index is 12.8. The van der Waals surface area contributed by atoms with Gasteiger partial charge >= 0.3 is 5.97 Å². The van der Waals surface area contributed by atoms with Crippen LogP contribution < -0.4 is 4.74 Å². The molecule has 0 fully saturated rings. The Labute approximate surface area is 166 Å². The van der Waals surface area contributed by atoms with Crippen molar-refractivity contribution in [1.29, 1.82) is 5.41 Å². The van der Waals surface area contributed by atoms with Crippen LogP contribution in [0.4, 0.5) is 0 Å². The lowest BCUT2D eigenvalue weighted by molar-refractivity contribution is 0.0734. The Kier molecular flexibility index (Phi) is 5.74. The second-order valence-electron chi connectivity index (χ2n) is 7.85. The van der Waals surface area contributed by atoms with E-state index in [9.17, 15) is 4.79 Å². The molecule has 1 N–H and O–H groups in total. The third-order valence-electron chi connectivity index (χ3n) is 4.61. The lowest BCUT2D eigenvalue weighted by Crippen LogP contribution is -2.19. The van der Waals surface area contributed by atoms with Crippen LogP contribution in [0.3, 0.4) is 0 Å². The van der Waals surface area contributed by atoms with Crippen LogP contribution in [0.2, 0.25) is 0 Å². The molecule has 3 heteroatoms. The fourth-order valence-corrected chi connectivity index (χ4v) is 2.98. The van der Waals surface area contributed by atoms with Gasteiger partial charge in [0.05, 0.1) is 5.56 Å². The Bertz CT molecular complexity index is 970. The summed E-state index contributed by atoms with van der Waals surface area (Å²) >= 11 is 0. The van der Waals surface area contributed by atoms with Gasteiger partial charge in [0.1, 0.15) is 5.75 Å². The molecule has 0 aromatic heterocycles. The van der Waals surface area contributed by atoms with Gasteiger partial charge in [0.25, 0.3) is 0 Å². The average molecular weight is 371 g/mol. The zero-order valence-electron chi connectivity index (χ0n) is 16.5. The molecular formula is C25H25NO2. The van der Waals surface area contributed by atoms with E-state index in [1.807, 2.05) is 60.7 Å². The van der Waals surface area contributed by atoms with Crippen molar-refractivity contribution in [2.45, 2.75) is 32.6 Å². The zero-order chi connectivity index (χ0) is 20.1. The van der Waals surface area contributed by atoms with Gasteiger partial charge < -0.3 is 10.1 Å². The number of carbonyl (C=O) groups is 1. The number of hydrogen-bond acceptors (Lipinski definition) is 3. The van der Waals surface area contributed by atoms with Crippen LogP contribution in [0.1, 0.15) is 47.8 Å². The summed E-state index contributed by atoms with van der Waals surface area (Å²) in [7, 11) is 0. The van der Waals surface area contributed by atoms with Crippen molar-refractivity contribution in [2.24, 2.45) is 0 Å². The number of esters is 1. The molecule has 3 aromatic rings. The number of hydrogen-bond donors (Lipinski definition) is 1. The maximum atomic E-state index is 12.8. The van der Waals surface area contributed by atoms with E-state index in [0.717, 1.165) is 11.1 Å². The molecule has 0 heterocycles. The van der Waals surface area contributed by atoms with Crippen LogP contribution >= 0.6 is 0 Å². The molecule has 28 heavy (non-hydrogen) atoms. The van der Waals surface area contributed by atoms with Crippen molar-refractivity contribution in [3.63, 3.8) is 0 Å². The standard InChI is InChI=1S/C25H25NO2/c1-25(2,3)19-14-15-21(24(27)28-20-12-8-5-9-13-20)22(17-19)23(26)16-18-10-6-4-7-11-18/h4-15,17,26H,16H2,1-3H3. The lowest BCUT2D eigenvalue weighted by Gasteiger charge is -2.21. The van der Waals surface area contributed by atoms with E-state index in [0.29, 0.717) is 29.0 Å². The van der Waals surface area contributed by atoms with Gasteiger partial charge in [0.15, 0.2) is 0 Å². The minimum atomic E-state index is -0.445. The first-order chi connectivity index (χ1) is 13.3. The minimum absolute atomic E-state index is 0.0797. The van der Waals surface area contributed by atoms with E-state index >= 15 is 0 Å². The highest BCUT2D eigenvalue weighted by molar-refractivity contribution is 6.08. The molecular weight excluding hydrogens is 346 g/mol. The summed E-state index contributed by atoms with van der Waals surface area (Å²) in [4.78, 5) is 12.8. The second-order valence-corrected chi connectivity index (χ2v) is 7.85. The second kappa shape index (κ2) is 8.22. The number of para-hydroxylation sites is 1. The molecule has 3 nitrogen and oxygen atoms in total. The Balaban J connectivity index is 1.96. The molecule has 142 valence electrons. The average Bonchev–Trinajstić information content (AvgIpc) is 2.68. The molecule has 0 aliphatic heterocycles. The van der Waals surface area contributed by atoms with Gasteiger partial charge in [-0.05, 0) is 40.8 Å². The Morgan fingerprint density at radius 1 is 0.857 bits per heavy atom. The first kappa shape index (κ1) is 19.6. The fourth-order valence-electron chi connectivity index (χ4n) is 2.98. The van der Waals surface area contributed by atoms with Gasteiger partial charge in [-0.15, -0.1) is 0 Å². The van der Waals surface area contributed by atoms with Crippen LogP contribution in [-0.2, 0) is 11.8 Å². The molecule has 0 saturated carbocycles. The molecule has 3 aromatic carbocycles. The molecule has 0 bridgehead atoms. The highest BCUT2D eigenvalue weighted by Crippen LogP contribution is 2.26. The summed E-state index contributed by atoms with van der Waals surface area (Å²) in [6, 6.07) is 24.5. The van der Waals surface area contributed by atoms with Crippen LogP contribution in [-0.4, -0.2) is 11.7 Å². The highest BCUT2D eigenvalue weighted by atomic mass is 16.5. The molecule has 0 aliphatic rings.